The Bertz CT molecular complexity index is 286. The number of ether oxygens (including phenoxy) is 2. The monoisotopic (exact) mass is 245 g/mol. The van der Waals surface area contributed by atoms with E-state index in [2.05, 4.69) is 0 Å². The molecule has 0 aromatic heterocycles. The highest BCUT2D eigenvalue weighted by Crippen LogP contribution is 2.25. The first-order valence-corrected chi connectivity index (χ1v) is 5.59. The van der Waals surface area contributed by atoms with E-state index >= 15 is 0 Å². The standard InChI is InChI=1S/C11H19NO5/c1-11(17-6-10(14)15)7-12(8-11)9(13)4-3-5-16-2/h3-8H2,1-2H3,(H,14,15). The van der Waals surface area contributed by atoms with E-state index in [1.54, 1.807) is 12.0 Å². The Morgan fingerprint density at radius 2 is 2.06 bits per heavy atom. The highest BCUT2D eigenvalue weighted by molar-refractivity contribution is 5.77. The predicted octanol–water partition coefficient (Wildman–Crippen LogP) is 0.115. The number of hydrogen-bond acceptors (Lipinski definition) is 4. The molecule has 0 radical (unpaired) electrons. The van der Waals surface area contributed by atoms with Crippen LogP contribution in [0.2, 0.25) is 0 Å². The third-order valence-corrected chi connectivity index (χ3v) is 2.69. The zero-order valence-electron chi connectivity index (χ0n) is 10.3. The molecule has 1 aliphatic rings. The van der Waals surface area contributed by atoms with Gasteiger partial charge in [0.05, 0.1) is 13.1 Å². The molecular weight excluding hydrogens is 226 g/mol. The third kappa shape index (κ3) is 4.32. The highest BCUT2D eigenvalue weighted by atomic mass is 16.5. The number of carbonyl (C=O) groups excluding carboxylic acids is 1. The van der Waals surface area contributed by atoms with Crippen molar-refractivity contribution in [3.63, 3.8) is 0 Å². The van der Waals surface area contributed by atoms with Crippen LogP contribution in [0.5, 0.6) is 0 Å². The Kier molecular flexibility index (Phi) is 4.89. The quantitative estimate of drug-likeness (QED) is 0.644. The smallest absolute Gasteiger partial charge is 0.329 e. The van der Waals surface area contributed by atoms with Crippen molar-refractivity contribution in [1.29, 1.82) is 0 Å². The first-order chi connectivity index (χ1) is 7.97. The van der Waals surface area contributed by atoms with Crippen LogP contribution in [0.3, 0.4) is 0 Å². The van der Waals surface area contributed by atoms with Gasteiger partial charge in [-0.3, -0.25) is 4.79 Å². The minimum Gasteiger partial charge on any atom is -0.480 e. The molecule has 0 aromatic carbocycles. The molecule has 0 bridgehead atoms. The summed E-state index contributed by atoms with van der Waals surface area (Å²) in [5.41, 5.74) is -0.505. The third-order valence-electron chi connectivity index (χ3n) is 2.69. The van der Waals surface area contributed by atoms with Crippen molar-refractivity contribution in [2.75, 3.05) is 33.4 Å². The van der Waals surface area contributed by atoms with E-state index in [0.29, 0.717) is 32.5 Å². The molecule has 1 amide bonds. The van der Waals surface area contributed by atoms with E-state index in [4.69, 9.17) is 14.6 Å². The van der Waals surface area contributed by atoms with Crippen LogP contribution in [0.25, 0.3) is 0 Å². The van der Waals surface area contributed by atoms with Crippen LogP contribution < -0.4 is 0 Å². The second-order valence-corrected chi connectivity index (χ2v) is 4.48. The largest absolute Gasteiger partial charge is 0.480 e. The summed E-state index contributed by atoms with van der Waals surface area (Å²) in [4.78, 5) is 23.7. The van der Waals surface area contributed by atoms with Crippen molar-refractivity contribution in [1.82, 2.24) is 4.90 Å². The number of nitrogens with zero attached hydrogens (tertiary/aromatic N) is 1. The summed E-state index contributed by atoms with van der Waals surface area (Å²) in [7, 11) is 1.60. The van der Waals surface area contributed by atoms with Crippen LogP contribution in [-0.4, -0.2) is 60.9 Å². The van der Waals surface area contributed by atoms with Gasteiger partial charge < -0.3 is 19.5 Å². The second kappa shape index (κ2) is 5.97. The number of rotatable bonds is 7. The number of methoxy groups -OCH3 is 1. The minimum absolute atomic E-state index is 0.0680. The molecule has 1 fully saturated rings. The van der Waals surface area contributed by atoms with Gasteiger partial charge in [-0.25, -0.2) is 4.79 Å². The van der Waals surface area contributed by atoms with Gasteiger partial charge in [-0.2, -0.15) is 0 Å². The van der Waals surface area contributed by atoms with Crippen molar-refractivity contribution >= 4 is 11.9 Å². The van der Waals surface area contributed by atoms with Gasteiger partial charge in [-0.1, -0.05) is 0 Å². The normalized spacial score (nSPS) is 17.6. The maximum Gasteiger partial charge on any atom is 0.329 e. The number of carboxylic acids is 1. The van der Waals surface area contributed by atoms with Crippen LogP contribution >= 0.6 is 0 Å². The lowest BCUT2D eigenvalue weighted by molar-refractivity contribution is -0.173. The van der Waals surface area contributed by atoms with E-state index < -0.39 is 11.6 Å². The Morgan fingerprint density at radius 3 is 2.59 bits per heavy atom. The Labute approximate surface area is 100 Å². The molecule has 1 N–H and O–H groups in total. The SMILES string of the molecule is COCCCC(=O)N1CC(C)(OCC(=O)O)C1. The molecule has 6 heteroatoms. The highest BCUT2D eigenvalue weighted by Gasteiger charge is 2.42. The maximum absolute atomic E-state index is 11.6. The molecule has 0 aromatic rings. The molecule has 1 saturated heterocycles. The van der Waals surface area contributed by atoms with Gasteiger partial charge in [0.1, 0.15) is 12.2 Å². The summed E-state index contributed by atoms with van der Waals surface area (Å²) in [5, 5.41) is 8.50. The minimum atomic E-state index is -0.990. The number of aliphatic carboxylic acids is 1. The van der Waals surface area contributed by atoms with Gasteiger partial charge in [0.2, 0.25) is 5.91 Å². The topological polar surface area (TPSA) is 76.1 Å². The number of carboxylic acid groups (broad SMARTS) is 1. The predicted molar refractivity (Wildman–Crippen MR) is 59.7 cm³/mol. The zero-order valence-corrected chi connectivity index (χ0v) is 10.3. The molecule has 1 rings (SSSR count). The molecular formula is C11H19NO5. The lowest BCUT2D eigenvalue weighted by Gasteiger charge is -2.47. The lowest BCUT2D eigenvalue weighted by Crippen LogP contribution is -2.63. The molecule has 0 unspecified atom stereocenters. The second-order valence-electron chi connectivity index (χ2n) is 4.48. The van der Waals surface area contributed by atoms with Gasteiger partial charge in [-0.15, -0.1) is 0 Å². The molecule has 0 spiro atoms. The van der Waals surface area contributed by atoms with Crippen molar-refractivity contribution in [2.45, 2.75) is 25.4 Å². The van der Waals surface area contributed by atoms with Gasteiger partial charge in [-0.05, 0) is 13.3 Å². The van der Waals surface area contributed by atoms with Gasteiger partial charge >= 0.3 is 5.97 Å². The van der Waals surface area contributed by atoms with Crippen molar-refractivity contribution < 1.29 is 24.2 Å². The van der Waals surface area contributed by atoms with E-state index in [-0.39, 0.29) is 12.5 Å². The first-order valence-electron chi connectivity index (χ1n) is 5.59. The summed E-state index contributed by atoms with van der Waals surface area (Å²) in [6.45, 7) is 3.00. The van der Waals surface area contributed by atoms with Crippen molar-refractivity contribution in [3.8, 4) is 0 Å². The van der Waals surface area contributed by atoms with Crippen LogP contribution in [0.4, 0.5) is 0 Å². The summed E-state index contributed by atoms with van der Waals surface area (Å²) in [5.74, 6) is -0.922. The molecule has 0 saturated carbocycles. The van der Waals surface area contributed by atoms with Crippen molar-refractivity contribution in [3.05, 3.63) is 0 Å². The van der Waals surface area contributed by atoms with Crippen LogP contribution in [0, 0.1) is 0 Å². The Hall–Kier alpha value is -1.14. The van der Waals surface area contributed by atoms with E-state index in [9.17, 15) is 9.59 Å². The van der Waals surface area contributed by atoms with Gasteiger partial charge in [0.25, 0.3) is 0 Å². The summed E-state index contributed by atoms with van der Waals surface area (Å²) in [6, 6.07) is 0. The summed E-state index contributed by atoms with van der Waals surface area (Å²) < 4.78 is 10.1. The number of carbonyl (C=O) groups is 2. The van der Waals surface area contributed by atoms with Gasteiger partial charge in [0, 0.05) is 20.1 Å². The summed E-state index contributed by atoms with van der Waals surface area (Å²) >= 11 is 0. The zero-order chi connectivity index (χ0) is 12.9. The molecule has 0 aliphatic carbocycles. The first kappa shape index (κ1) is 13.9. The molecule has 1 aliphatic heterocycles. The molecule has 6 nitrogen and oxygen atoms in total. The van der Waals surface area contributed by atoms with E-state index in [1.807, 2.05) is 6.92 Å². The fraction of sp³-hybridized carbons (Fsp3) is 0.818. The van der Waals surface area contributed by atoms with Gasteiger partial charge in [0.15, 0.2) is 0 Å². The van der Waals surface area contributed by atoms with Crippen LogP contribution in [0.15, 0.2) is 0 Å². The Balaban J connectivity index is 2.20. The van der Waals surface area contributed by atoms with E-state index in [0.717, 1.165) is 0 Å². The molecule has 1 heterocycles. The lowest BCUT2D eigenvalue weighted by atomic mass is 9.96. The summed E-state index contributed by atoms with van der Waals surface area (Å²) in [6.07, 6.45) is 1.17. The average molecular weight is 245 g/mol. The number of likely N-dealkylation sites (tertiary alicyclic amines) is 1. The van der Waals surface area contributed by atoms with Crippen molar-refractivity contribution in [2.24, 2.45) is 0 Å². The maximum atomic E-state index is 11.6. The Morgan fingerprint density at radius 1 is 1.41 bits per heavy atom. The number of amides is 1. The molecule has 98 valence electrons. The average Bonchev–Trinajstić information content (AvgIpc) is 2.22. The van der Waals surface area contributed by atoms with Crippen LogP contribution in [0.1, 0.15) is 19.8 Å². The van der Waals surface area contributed by atoms with E-state index in [1.165, 1.54) is 0 Å². The fourth-order valence-corrected chi connectivity index (χ4v) is 1.79. The fourth-order valence-electron chi connectivity index (χ4n) is 1.79. The molecule has 0 atom stereocenters. The van der Waals surface area contributed by atoms with Crippen LogP contribution in [-0.2, 0) is 19.1 Å². The molecule has 17 heavy (non-hydrogen) atoms. The number of hydrogen-bond donors (Lipinski definition) is 1.